The molecule has 0 heterocycles. The maximum atomic E-state index is 5.04. The Bertz CT molecular complexity index is 165. The van der Waals surface area contributed by atoms with E-state index in [1.165, 1.54) is 0 Å². The first kappa shape index (κ1) is 8.92. The molecule has 0 fully saturated rings. The quantitative estimate of drug-likeness (QED) is 0.526. The third kappa shape index (κ3) is 5.06. The number of rotatable bonds is 2. The highest BCUT2D eigenvalue weighted by Gasteiger charge is 1.88. The van der Waals surface area contributed by atoms with Crippen molar-refractivity contribution in [2.24, 2.45) is 0 Å². The number of ether oxygens (including phenoxy) is 1. The second kappa shape index (κ2) is 6.05. The third-order valence-corrected chi connectivity index (χ3v) is 0.918. The molecule has 0 spiro atoms. The monoisotopic (exact) mass is 136 g/mol. The van der Waals surface area contributed by atoms with Crippen LogP contribution in [0.5, 0.6) is 0 Å². The zero-order valence-electron chi connectivity index (χ0n) is 6.48. The molecule has 0 aliphatic rings. The van der Waals surface area contributed by atoms with E-state index in [0.29, 0.717) is 0 Å². The van der Waals surface area contributed by atoms with Gasteiger partial charge in [0, 0.05) is 6.42 Å². The van der Waals surface area contributed by atoms with Crippen molar-refractivity contribution in [2.75, 3.05) is 0 Å². The van der Waals surface area contributed by atoms with Gasteiger partial charge < -0.3 is 4.74 Å². The van der Waals surface area contributed by atoms with Crippen LogP contribution < -0.4 is 0 Å². The predicted molar refractivity (Wildman–Crippen MR) is 42.1 cm³/mol. The van der Waals surface area contributed by atoms with Crippen molar-refractivity contribution in [1.82, 2.24) is 0 Å². The molecule has 0 rings (SSSR count). The van der Waals surface area contributed by atoms with Gasteiger partial charge in [0.15, 0.2) is 6.10 Å². The van der Waals surface area contributed by atoms with Crippen LogP contribution in [0, 0.1) is 24.4 Å². The van der Waals surface area contributed by atoms with Gasteiger partial charge in [-0.15, -0.1) is 6.42 Å². The molecule has 10 heavy (non-hydrogen) atoms. The Kier molecular flexibility index (Phi) is 5.39. The lowest BCUT2D eigenvalue weighted by Gasteiger charge is -1.96. The van der Waals surface area contributed by atoms with Gasteiger partial charge in [-0.1, -0.05) is 18.8 Å². The molecule has 0 unspecified atom stereocenters. The van der Waals surface area contributed by atoms with E-state index in [2.05, 4.69) is 24.9 Å². The highest BCUT2D eigenvalue weighted by Crippen LogP contribution is 1.86. The van der Waals surface area contributed by atoms with Gasteiger partial charge in [-0.05, 0) is 13.3 Å². The molecule has 0 aliphatic carbocycles. The van der Waals surface area contributed by atoms with Gasteiger partial charge >= 0.3 is 0 Å². The van der Waals surface area contributed by atoms with Gasteiger partial charge in [0.25, 0.3) is 0 Å². The number of hydrogen-bond donors (Lipinski definition) is 0. The van der Waals surface area contributed by atoms with Crippen molar-refractivity contribution in [3.05, 3.63) is 0 Å². The van der Waals surface area contributed by atoms with E-state index in [1.807, 2.05) is 0 Å². The number of hydrogen-bond acceptors (Lipinski definition) is 1. The summed E-state index contributed by atoms with van der Waals surface area (Å²) in [6.45, 7) is 3.86. The summed E-state index contributed by atoms with van der Waals surface area (Å²) in [6, 6.07) is 0. The van der Waals surface area contributed by atoms with Crippen LogP contribution in [0.4, 0.5) is 0 Å². The minimum absolute atomic E-state index is 0.190. The van der Waals surface area contributed by atoms with E-state index in [0.717, 1.165) is 12.8 Å². The van der Waals surface area contributed by atoms with Gasteiger partial charge in [-0.25, -0.2) is 0 Å². The van der Waals surface area contributed by atoms with Crippen LogP contribution >= 0.6 is 0 Å². The third-order valence-electron chi connectivity index (χ3n) is 0.918. The normalized spacial score (nSPS) is 10.5. The Morgan fingerprint density at radius 3 is 2.80 bits per heavy atom. The average molecular weight is 136 g/mol. The molecular weight excluding hydrogens is 124 g/mol. The summed E-state index contributed by atoms with van der Waals surface area (Å²) in [5.41, 5.74) is 0. The van der Waals surface area contributed by atoms with Crippen LogP contribution in [0.2, 0.25) is 0 Å². The second-order valence-corrected chi connectivity index (χ2v) is 1.96. The number of terminal acetylenes is 1. The van der Waals surface area contributed by atoms with Crippen LogP contribution in [0.1, 0.15) is 26.7 Å². The summed E-state index contributed by atoms with van der Waals surface area (Å²) in [6.07, 6.45) is 9.33. The van der Waals surface area contributed by atoms with Crippen LogP contribution in [0.25, 0.3) is 0 Å². The van der Waals surface area contributed by atoms with Gasteiger partial charge in [-0.2, -0.15) is 0 Å². The summed E-state index contributed by atoms with van der Waals surface area (Å²) in [5, 5.41) is 0. The Hall–Kier alpha value is -1.08. The molecule has 0 aliphatic heterocycles. The smallest absolute Gasteiger partial charge is 0.167 e. The summed E-state index contributed by atoms with van der Waals surface area (Å²) < 4.78 is 4.90. The fourth-order valence-corrected chi connectivity index (χ4v) is 0.340. The fraction of sp³-hybridized carbons (Fsp3) is 0.556. The molecule has 0 radical (unpaired) electrons. The average Bonchev–Trinajstić information content (AvgIpc) is 1.98. The summed E-state index contributed by atoms with van der Waals surface area (Å²) in [5.74, 6) is 5.25. The molecule has 0 aromatic carbocycles. The number of unbranched alkanes of at least 4 members (excludes halogenated alkanes) is 1. The van der Waals surface area contributed by atoms with E-state index in [-0.39, 0.29) is 6.10 Å². The minimum atomic E-state index is -0.190. The first-order valence-corrected chi connectivity index (χ1v) is 3.41. The molecular formula is C9H12O. The molecule has 0 saturated carbocycles. The maximum absolute atomic E-state index is 5.04. The SMILES string of the molecule is C#C[C@@H](C)OC#CCCC. The molecule has 0 aromatic rings. The lowest BCUT2D eigenvalue weighted by Crippen LogP contribution is -1.98. The van der Waals surface area contributed by atoms with Crippen LogP contribution in [0.15, 0.2) is 0 Å². The van der Waals surface area contributed by atoms with Crippen molar-refractivity contribution in [1.29, 1.82) is 0 Å². The summed E-state index contributed by atoms with van der Waals surface area (Å²) in [4.78, 5) is 0. The van der Waals surface area contributed by atoms with E-state index < -0.39 is 0 Å². The standard InChI is InChI=1S/C9H12O/c1-4-6-7-8-10-9(3)5-2/h2,9H,4,6H2,1,3H3/t9-/m1/s1. The van der Waals surface area contributed by atoms with Gasteiger partial charge in [-0.3, -0.25) is 0 Å². The molecule has 1 heteroatoms. The molecule has 0 bridgehead atoms. The zero-order valence-corrected chi connectivity index (χ0v) is 6.48. The largest absolute Gasteiger partial charge is 0.430 e. The fourth-order valence-electron chi connectivity index (χ4n) is 0.340. The highest BCUT2D eigenvalue weighted by molar-refractivity contribution is 4.97. The summed E-state index contributed by atoms with van der Waals surface area (Å²) in [7, 11) is 0. The Balaban J connectivity index is 3.38. The topological polar surface area (TPSA) is 9.23 Å². The first-order chi connectivity index (χ1) is 4.81. The van der Waals surface area contributed by atoms with E-state index in [1.54, 1.807) is 6.92 Å². The first-order valence-electron chi connectivity index (χ1n) is 3.41. The van der Waals surface area contributed by atoms with E-state index in [9.17, 15) is 0 Å². The van der Waals surface area contributed by atoms with Crippen LogP contribution in [-0.2, 0) is 4.74 Å². The van der Waals surface area contributed by atoms with E-state index in [4.69, 9.17) is 11.2 Å². The van der Waals surface area contributed by atoms with E-state index >= 15 is 0 Å². The van der Waals surface area contributed by atoms with Crippen LogP contribution in [0.3, 0.4) is 0 Å². The second-order valence-electron chi connectivity index (χ2n) is 1.96. The molecule has 54 valence electrons. The lowest BCUT2D eigenvalue weighted by molar-refractivity contribution is 0.239. The van der Waals surface area contributed by atoms with Crippen molar-refractivity contribution < 1.29 is 4.74 Å². The van der Waals surface area contributed by atoms with Crippen molar-refractivity contribution in [3.8, 4) is 24.4 Å². The molecule has 0 saturated heterocycles. The molecule has 0 aromatic heterocycles. The maximum Gasteiger partial charge on any atom is 0.167 e. The summed E-state index contributed by atoms with van der Waals surface area (Å²) >= 11 is 0. The Labute approximate surface area is 62.8 Å². The highest BCUT2D eigenvalue weighted by atomic mass is 16.5. The van der Waals surface area contributed by atoms with Crippen LogP contribution in [-0.4, -0.2) is 6.10 Å². The lowest BCUT2D eigenvalue weighted by atomic mass is 10.4. The molecule has 0 amide bonds. The van der Waals surface area contributed by atoms with Gasteiger partial charge in [0.2, 0.25) is 0 Å². The minimum Gasteiger partial charge on any atom is -0.430 e. The Morgan fingerprint density at radius 1 is 1.60 bits per heavy atom. The predicted octanol–water partition coefficient (Wildman–Crippen LogP) is 1.79. The zero-order chi connectivity index (χ0) is 7.82. The molecule has 1 atom stereocenters. The molecule has 1 nitrogen and oxygen atoms in total. The Morgan fingerprint density at radius 2 is 2.30 bits per heavy atom. The van der Waals surface area contributed by atoms with Gasteiger partial charge in [0.1, 0.15) is 6.11 Å². The van der Waals surface area contributed by atoms with Gasteiger partial charge in [0.05, 0.1) is 0 Å². The van der Waals surface area contributed by atoms with Crippen molar-refractivity contribution >= 4 is 0 Å². The molecule has 0 N–H and O–H groups in total. The van der Waals surface area contributed by atoms with Crippen molar-refractivity contribution in [2.45, 2.75) is 32.8 Å². The van der Waals surface area contributed by atoms with Crippen molar-refractivity contribution in [3.63, 3.8) is 0 Å².